The van der Waals surface area contributed by atoms with Gasteiger partial charge < -0.3 is 5.73 Å². The first kappa shape index (κ1) is 18.7. The summed E-state index contributed by atoms with van der Waals surface area (Å²) in [5.74, 6) is 1.67. The third-order valence-corrected chi connectivity index (χ3v) is 4.78. The molecule has 0 aromatic carbocycles. The summed E-state index contributed by atoms with van der Waals surface area (Å²) in [6.07, 6.45) is 5.18. The van der Waals surface area contributed by atoms with Crippen molar-refractivity contribution in [3.63, 3.8) is 0 Å². The molecule has 8 heteroatoms. The minimum Gasteiger partial charge on any atom is -0.321 e. The van der Waals surface area contributed by atoms with Gasteiger partial charge >= 0.3 is 0 Å². The summed E-state index contributed by atoms with van der Waals surface area (Å²) in [5, 5.41) is -0.463. The number of hydrogen-bond acceptors (Lipinski definition) is 8. The molecular formula is C10H20N2O2S4. The van der Waals surface area contributed by atoms with Gasteiger partial charge in [0.15, 0.2) is 0 Å². The molecule has 3 N–H and O–H groups in total. The Morgan fingerprint density at radius 1 is 1.17 bits per heavy atom. The molecule has 0 saturated carbocycles. The van der Waals surface area contributed by atoms with E-state index in [2.05, 4.69) is 17.5 Å². The molecule has 2 atom stereocenters. The second kappa shape index (κ2) is 11.5. The highest BCUT2D eigenvalue weighted by atomic mass is 32.2. The van der Waals surface area contributed by atoms with E-state index in [0.29, 0.717) is 24.6 Å². The average molecular weight is 329 g/mol. The number of carbonyl (C=O) groups excluding carboxylic acids is 2. The van der Waals surface area contributed by atoms with Crippen LogP contribution in [0.5, 0.6) is 0 Å². The molecule has 0 aliphatic heterocycles. The number of thioether (sulfide) groups is 3. The van der Waals surface area contributed by atoms with Crippen molar-refractivity contribution < 1.29 is 9.59 Å². The average Bonchev–Trinajstić information content (AvgIpc) is 2.36. The van der Waals surface area contributed by atoms with E-state index < -0.39 is 12.1 Å². The van der Waals surface area contributed by atoms with Gasteiger partial charge in [-0.2, -0.15) is 23.5 Å². The zero-order valence-electron chi connectivity index (χ0n) is 10.5. The molecule has 0 saturated heterocycles. The van der Waals surface area contributed by atoms with E-state index in [1.54, 1.807) is 23.5 Å². The molecule has 0 rings (SSSR count). The van der Waals surface area contributed by atoms with E-state index >= 15 is 0 Å². The van der Waals surface area contributed by atoms with Gasteiger partial charge in [-0.05, 0) is 48.6 Å². The summed E-state index contributed by atoms with van der Waals surface area (Å²) in [6.45, 7) is 0. The van der Waals surface area contributed by atoms with Gasteiger partial charge in [0.05, 0.1) is 12.1 Å². The maximum atomic E-state index is 11.8. The number of carbonyl (C=O) groups is 2. The quantitative estimate of drug-likeness (QED) is 0.553. The van der Waals surface area contributed by atoms with Crippen LogP contribution in [0.1, 0.15) is 12.8 Å². The third kappa shape index (κ3) is 7.96. The third-order valence-electron chi connectivity index (χ3n) is 2.19. The number of nitrogens with two attached hydrogens (primary N) is 1. The number of thiol groups is 1. The molecule has 18 heavy (non-hydrogen) atoms. The monoisotopic (exact) mass is 328 g/mol. The summed E-state index contributed by atoms with van der Waals surface area (Å²) in [4.78, 5) is 23.5. The minimum atomic E-state index is -0.562. The Morgan fingerprint density at radius 2 is 1.72 bits per heavy atom. The largest absolute Gasteiger partial charge is 0.321 e. The summed E-state index contributed by atoms with van der Waals surface area (Å²) in [6, 6.07) is -0.963. The van der Waals surface area contributed by atoms with Crippen LogP contribution in [0, 0.1) is 0 Å². The number of nitrogens with one attached hydrogen (secondary N) is 1. The van der Waals surface area contributed by atoms with Crippen LogP contribution in [-0.4, -0.2) is 46.3 Å². The zero-order chi connectivity index (χ0) is 14.0. The van der Waals surface area contributed by atoms with Crippen molar-refractivity contribution in [1.29, 1.82) is 0 Å². The molecule has 0 aromatic heterocycles. The lowest BCUT2D eigenvalue weighted by atomic mass is 10.3. The van der Waals surface area contributed by atoms with Gasteiger partial charge in [-0.25, -0.2) is 0 Å². The molecule has 0 aliphatic carbocycles. The van der Waals surface area contributed by atoms with E-state index in [1.807, 2.05) is 12.5 Å². The fourth-order valence-electron chi connectivity index (χ4n) is 1.08. The van der Waals surface area contributed by atoms with Crippen molar-refractivity contribution in [2.45, 2.75) is 24.9 Å². The van der Waals surface area contributed by atoms with Gasteiger partial charge in [0.25, 0.3) is 0 Å². The second-order valence-electron chi connectivity index (χ2n) is 3.59. The first-order chi connectivity index (χ1) is 8.56. The Hall–Kier alpha value is 0.660. The fourth-order valence-corrected chi connectivity index (χ4v) is 3.16. The molecule has 0 unspecified atom stereocenters. The number of rotatable bonds is 9. The summed E-state index contributed by atoms with van der Waals surface area (Å²) in [7, 11) is 0. The van der Waals surface area contributed by atoms with Gasteiger partial charge in [0.1, 0.15) is 0 Å². The summed E-state index contributed by atoms with van der Waals surface area (Å²) >= 11 is 7.91. The highest BCUT2D eigenvalue weighted by Crippen LogP contribution is 2.15. The molecule has 0 bridgehead atoms. The van der Waals surface area contributed by atoms with Crippen LogP contribution in [-0.2, 0) is 9.59 Å². The summed E-state index contributed by atoms with van der Waals surface area (Å²) < 4.78 is 2.64. The van der Waals surface area contributed by atoms with Gasteiger partial charge in [0.2, 0.25) is 10.2 Å². The Kier molecular flexibility index (Phi) is 11.9. The van der Waals surface area contributed by atoms with Gasteiger partial charge in [-0.1, -0.05) is 12.8 Å². The van der Waals surface area contributed by atoms with Crippen LogP contribution in [0.3, 0.4) is 0 Å². The topological polar surface area (TPSA) is 72.2 Å². The van der Waals surface area contributed by atoms with Crippen molar-refractivity contribution in [2.24, 2.45) is 5.73 Å². The van der Waals surface area contributed by atoms with Crippen LogP contribution in [0.2, 0.25) is 0 Å². The Bertz CT molecular complexity index is 266. The lowest BCUT2D eigenvalue weighted by molar-refractivity contribution is -0.114. The maximum Gasteiger partial charge on any atom is 0.214 e. The zero-order valence-corrected chi connectivity index (χ0v) is 13.9. The van der Waals surface area contributed by atoms with Gasteiger partial charge in [-0.15, -0.1) is 0 Å². The highest BCUT2D eigenvalue weighted by molar-refractivity contribution is 8.26. The minimum absolute atomic E-state index is 0.205. The van der Waals surface area contributed by atoms with Crippen molar-refractivity contribution in [3.8, 4) is 0 Å². The van der Waals surface area contributed by atoms with Crippen LogP contribution in [0.4, 0.5) is 0 Å². The van der Waals surface area contributed by atoms with E-state index in [9.17, 15) is 9.59 Å². The van der Waals surface area contributed by atoms with E-state index in [-0.39, 0.29) is 10.2 Å². The Morgan fingerprint density at radius 3 is 2.22 bits per heavy atom. The molecular weight excluding hydrogens is 308 g/mol. The normalized spacial score (nSPS) is 14.2. The van der Waals surface area contributed by atoms with Crippen LogP contribution in [0.25, 0.3) is 0 Å². The molecule has 0 amide bonds. The van der Waals surface area contributed by atoms with Crippen LogP contribution < -0.4 is 10.5 Å². The van der Waals surface area contributed by atoms with Crippen LogP contribution >= 0.6 is 48.1 Å². The first-order valence-corrected chi connectivity index (χ1v) is 9.50. The highest BCUT2D eigenvalue weighted by Gasteiger charge is 2.23. The first-order valence-electron chi connectivity index (χ1n) is 5.45. The van der Waals surface area contributed by atoms with Crippen molar-refractivity contribution >= 4 is 58.3 Å². The molecule has 4 nitrogen and oxygen atoms in total. The predicted octanol–water partition coefficient (Wildman–Crippen LogP) is 1.41. The summed E-state index contributed by atoms with van der Waals surface area (Å²) in [5.41, 5.74) is 5.71. The van der Waals surface area contributed by atoms with Gasteiger partial charge in [0, 0.05) is 0 Å². The molecule has 0 fully saturated rings. The lowest BCUT2D eigenvalue weighted by Gasteiger charge is -2.14. The molecule has 0 aliphatic rings. The molecule has 0 aromatic rings. The smallest absolute Gasteiger partial charge is 0.214 e. The fraction of sp³-hybridized carbons (Fsp3) is 0.800. The molecule has 106 valence electrons. The lowest BCUT2D eigenvalue weighted by Crippen LogP contribution is -2.34. The predicted molar refractivity (Wildman–Crippen MR) is 87.5 cm³/mol. The van der Waals surface area contributed by atoms with Crippen molar-refractivity contribution in [3.05, 3.63) is 0 Å². The van der Waals surface area contributed by atoms with E-state index in [1.165, 1.54) is 0 Å². The molecule has 0 radical (unpaired) electrons. The van der Waals surface area contributed by atoms with Crippen LogP contribution in [0.15, 0.2) is 0 Å². The van der Waals surface area contributed by atoms with Gasteiger partial charge in [-0.3, -0.25) is 14.3 Å². The number of hydrogen-bond donors (Lipinski definition) is 3. The van der Waals surface area contributed by atoms with Crippen molar-refractivity contribution in [2.75, 3.05) is 24.0 Å². The maximum absolute atomic E-state index is 11.8. The standard InChI is InChI=1S/C10H20N2O2S4/c1-16-5-3-7(11)9(13)18-10(14)8(12-15)4-6-17-2/h7-8,12,15H,3-6,11H2,1-2H3/t7-,8-/m0/s1. The second-order valence-corrected chi connectivity index (χ2v) is 6.83. The SMILES string of the molecule is CSCC[C@H](NS)C(=O)SC(=O)[C@@H](N)CCSC. The van der Waals surface area contributed by atoms with Crippen molar-refractivity contribution in [1.82, 2.24) is 4.72 Å². The van der Waals surface area contributed by atoms with E-state index in [0.717, 1.165) is 11.5 Å². The molecule has 0 heterocycles. The van der Waals surface area contributed by atoms with E-state index in [4.69, 9.17) is 5.73 Å². The Labute approximate surface area is 127 Å². The molecule has 0 spiro atoms. The Balaban J connectivity index is 4.14.